The Kier molecular flexibility index (Phi) is 7.02. The lowest BCUT2D eigenvalue weighted by atomic mass is 9.81. The molecule has 4 nitrogen and oxygen atoms in total. The molecule has 27 heavy (non-hydrogen) atoms. The summed E-state index contributed by atoms with van der Waals surface area (Å²) in [5, 5.41) is 22.5. The van der Waals surface area contributed by atoms with Gasteiger partial charge >= 0.3 is 5.97 Å². The average Bonchev–Trinajstić information content (AvgIpc) is 2.67. The molecule has 0 spiro atoms. The molecule has 0 radical (unpaired) electrons. The minimum Gasteiger partial charge on any atom is -0.479 e. The third-order valence-electron chi connectivity index (χ3n) is 5.38. The Morgan fingerprint density at radius 1 is 1.11 bits per heavy atom. The molecule has 0 heterocycles. The Hall–Kier alpha value is -1.29. The van der Waals surface area contributed by atoms with Crippen LogP contribution in [0.15, 0.2) is 47.4 Å². The number of aliphatic carboxylic acids is 1. The Balaban J connectivity index is 1.63. The van der Waals surface area contributed by atoms with Crippen LogP contribution in [0.5, 0.6) is 0 Å². The number of fused-ring (bicyclic) bond motifs is 1. The molecule has 2 atom stereocenters. The number of carboxylic acids is 1. The molecule has 6 heteroatoms. The molecule has 0 saturated heterocycles. The second-order valence-corrected chi connectivity index (χ2v) is 10.8. The van der Waals surface area contributed by atoms with Crippen molar-refractivity contribution in [2.75, 3.05) is 11.7 Å². The number of carboxylic acid groups (broad SMARTS) is 1. The molecule has 2 aromatic rings. The van der Waals surface area contributed by atoms with Gasteiger partial charge in [-0.2, -0.15) is 0 Å². The molecule has 0 amide bonds. The number of thioether (sulfide) groups is 1. The predicted molar refractivity (Wildman–Crippen MR) is 112 cm³/mol. The van der Waals surface area contributed by atoms with E-state index in [2.05, 4.69) is 0 Å². The Morgan fingerprint density at radius 2 is 1.81 bits per heavy atom. The van der Waals surface area contributed by atoms with Gasteiger partial charge in [0.25, 0.3) is 0 Å². The molecule has 2 N–H and O–H groups in total. The summed E-state index contributed by atoms with van der Waals surface area (Å²) in [6.45, 7) is 0. The quantitative estimate of drug-likeness (QED) is 0.463. The lowest BCUT2D eigenvalue weighted by Crippen LogP contribution is -2.43. The molecule has 2 aromatic carbocycles. The molecular weight excluding hydrogens is 379 g/mol. The molecule has 1 aliphatic carbocycles. The Labute approximate surface area is 165 Å². The van der Waals surface area contributed by atoms with E-state index in [4.69, 9.17) is 0 Å². The number of carbonyl (C=O) groups is 1. The molecule has 0 bridgehead atoms. The molecule has 2 unspecified atom stereocenters. The normalized spacial score (nSPS) is 18.9. The first kappa shape index (κ1) is 20.4. The maximum absolute atomic E-state index is 12.7. The molecule has 0 aromatic heterocycles. The van der Waals surface area contributed by atoms with Gasteiger partial charge < -0.3 is 14.8 Å². The van der Waals surface area contributed by atoms with E-state index in [1.165, 1.54) is 18.2 Å². The van der Waals surface area contributed by atoms with Gasteiger partial charge in [-0.15, -0.1) is 11.8 Å². The van der Waals surface area contributed by atoms with Crippen molar-refractivity contribution in [3.8, 4) is 0 Å². The number of hydrogen-bond donors (Lipinski definition) is 2. The summed E-state index contributed by atoms with van der Waals surface area (Å²) in [6, 6.07) is 14.0. The molecule has 3 rings (SSSR count). The van der Waals surface area contributed by atoms with Crippen molar-refractivity contribution in [1.82, 2.24) is 0 Å². The van der Waals surface area contributed by atoms with Gasteiger partial charge in [0, 0.05) is 16.6 Å². The fourth-order valence-electron chi connectivity index (χ4n) is 3.96. The van der Waals surface area contributed by atoms with Crippen LogP contribution in [0.25, 0.3) is 10.8 Å². The van der Waals surface area contributed by atoms with Gasteiger partial charge in [0.05, 0.1) is 7.80 Å². The van der Waals surface area contributed by atoms with E-state index in [9.17, 15) is 19.6 Å². The van der Waals surface area contributed by atoms with Crippen LogP contribution in [0.4, 0.5) is 0 Å². The van der Waals surface area contributed by atoms with Crippen LogP contribution < -0.4 is 0 Å². The summed E-state index contributed by atoms with van der Waals surface area (Å²) < 4.78 is 12.7. The van der Waals surface area contributed by atoms with Crippen molar-refractivity contribution < 1.29 is 19.6 Å². The van der Waals surface area contributed by atoms with Gasteiger partial charge in [0.1, 0.15) is 0 Å². The summed E-state index contributed by atoms with van der Waals surface area (Å²) in [5.41, 5.74) is -1.52. The third-order valence-corrected chi connectivity index (χ3v) is 8.89. The topological polar surface area (TPSA) is 74.6 Å². The number of aliphatic hydroxyl groups is 1. The van der Waals surface area contributed by atoms with Gasteiger partial charge in [0.15, 0.2) is 5.60 Å². The van der Waals surface area contributed by atoms with Crippen molar-refractivity contribution in [2.24, 2.45) is 5.92 Å². The van der Waals surface area contributed by atoms with Gasteiger partial charge in [-0.3, -0.25) is 0 Å². The van der Waals surface area contributed by atoms with E-state index in [-0.39, 0.29) is 18.5 Å². The van der Waals surface area contributed by atoms with Crippen molar-refractivity contribution in [3.05, 3.63) is 42.5 Å². The highest BCUT2D eigenvalue weighted by Crippen LogP contribution is 2.40. The van der Waals surface area contributed by atoms with Crippen LogP contribution in [-0.4, -0.2) is 33.4 Å². The number of hydrogen-bond acceptors (Lipinski definition) is 4. The van der Waals surface area contributed by atoms with Crippen LogP contribution in [0.3, 0.4) is 0 Å². The Bertz CT molecular complexity index is 813. The number of benzene rings is 2. The predicted octanol–water partition coefficient (Wildman–Crippen LogP) is 5.24. The maximum atomic E-state index is 12.7. The SMILES string of the molecule is O=C(O)C(O)(CC1CCCCC1)C[PH](=O)CSc1cccc2ccccc12. The second-order valence-electron chi connectivity index (χ2n) is 7.53. The average molecular weight is 406 g/mol. The van der Waals surface area contributed by atoms with Gasteiger partial charge in [-0.05, 0) is 29.2 Å². The van der Waals surface area contributed by atoms with Crippen LogP contribution >= 0.6 is 19.6 Å². The van der Waals surface area contributed by atoms with E-state index in [0.717, 1.165) is 41.4 Å². The molecule has 1 saturated carbocycles. The maximum Gasteiger partial charge on any atom is 0.336 e. The van der Waals surface area contributed by atoms with Crippen LogP contribution in [0.1, 0.15) is 38.5 Å². The highest BCUT2D eigenvalue weighted by atomic mass is 32.2. The highest BCUT2D eigenvalue weighted by molar-refractivity contribution is 8.04. The van der Waals surface area contributed by atoms with Gasteiger partial charge in [-0.1, -0.05) is 68.5 Å². The summed E-state index contributed by atoms with van der Waals surface area (Å²) in [7, 11) is -2.22. The fraction of sp³-hybridized carbons (Fsp3) is 0.476. The van der Waals surface area contributed by atoms with Crippen molar-refractivity contribution in [2.45, 2.75) is 49.0 Å². The molecule has 146 valence electrons. The number of rotatable bonds is 8. The van der Waals surface area contributed by atoms with E-state index in [1.54, 1.807) is 0 Å². The summed E-state index contributed by atoms with van der Waals surface area (Å²) in [6.07, 6.45) is 5.36. The zero-order chi connectivity index (χ0) is 19.3. The first-order chi connectivity index (χ1) is 13.0. The van der Waals surface area contributed by atoms with E-state index >= 15 is 0 Å². The lowest BCUT2D eigenvalue weighted by molar-refractivity contribution is -0.158. The minimum atomic E-state index is -2.22. The summed E-state index contributed by atoms with van der Waals surface area (Å²) in [5.74, 6) is -1.01. The first-order valence-electron chi connectivity index (χ1n) is 9.56. The van der Waals surface area contributed by atoms with Crippen LogP contribution in [0.2, 0.25) is 0 Å². The third kappa shape index (κ3) is 5.37. The highest BCUT2D eigenvalue weighted by Gasteiger charge is 2.40. The smallest absolute Gasteiger partial charge is 0.336 e. The van der Waals surface area contributed by atoms with Crippen molar-refractivity contribution >= 4 is 36.3 Å². The summed E-state index contributed by atoms with van der Waals surface area (Å²) >= 11 is 1.49. The fourth-order valence-corrected chi connectivity index (χ4v) is 7.10. The van der Waals surface area contributed by atoms with E-state index in [1.807, 2.05) is 42.5 Å². The Morgan fingerprint density at radius 3 is 2.56 bits per heavy atom. The lowest BCUT2D eigenvalue weighted by Gasteiger charge is -2.30. The summed E-state index contributed by atoms with van der Waals surface area (Å²) in [4.78, 5) is 12.7. The van der Waals surface area contributed by atoms with E-state index < -0.39 is 19.4 Å². The van der Waals surface area contributed by atoms with Gasteiger partial charge in [0.2, 0.25) is 0 Å². The molecular formula is C21H27O4PS. The van der Waals surface area contributed by atoms with Crippen molar-refractivity contribution in [3.63, 3.8) is 0 Å². The molecule has 0 aliphatic heterocycles. The van der Waals surface area contributed by atoms with Gasteiger partial charge in [-0.25, -0.2) is 4.79 Å². The monoisotopic (exact) mass is 406 g/mol. The van der Waals surface area contributed by atoms with Crippen molar-refractivity contribution in [1.29, 1.82) is 0 Å². The van der Waals surface area contributed by atoms with Crippen LogP contribution in [0, 0.1) is 5.92 Å². The molecule has 1 aliphatic rings. The van der Waals surface area contributed by atoms with Crippen LogP contribution in [-0.2, 0) is 9.36 Å². The van der Waals surface area contributed by atoms with E-state index in [0.29, 0.717) is 5.49 Å². The first-order valence-corrected chi connectivity index (χ1v) is 12.4. The zero-order valence-corrected chi connectivity index (χ0v) is 17.2. The second kappa shape index (κ2) is 9.27. The molecule has 1 fully saturated rings. The minimum absolute atomic E-state index is 0.138. The standard InChI is InChI=1S/C21H27O4PS/c22-20(23)21(24,13-16-7-2-1-3-8-16)14-26(25)15-27-19-12-6-10-17-9-4-5-11-18(17)19/h4-6,9-12,16,24,26H,1-3,7-8,13-15H2,(H,22,23). The zero-order valence-electron chi connectivity index (χ0n) is 15.4. The largest absolute Gasteiger partial charge is 0.479 e.